The molecule has 0 radical (unpaired) electrons. The minimum absolute atomic E-state index is 0.0404. The van der Waals surface area contributed by atoms with E-state index in [2.05, 4.69) is 214 Å². The van der Waals surface area contributed by atoms with Crippen LogP contribution in [0.1, 0.15) is 43.4 Å². The molecular formula is C56H43NO. The Kier molecular flexibility index (Phi) is 7.91. The highest BCUT2D eigenvalue weighted by Crippen LogP contribution is 2.51. The van der Waals surface area contributed by atoms with Crippen LogP contribution < -0.4 is 4.90 Å². The number of hydrogen-bond donors (Lipinski definition) is 0. The highest BCUT2D eigenvalue weighted by atomic mass is 16.3. The fourth-order valence-electron chi connectivity index (χ4n) is 9.86. The fourth-order valence-corrected chi connectivity index (χ4v) is 9.86. The van der Waals surface area contributed by atoms with Gasteiger partial charge in [0.05, 0.1) is 11.4 Å². The van der Waals surface area contributed by atoms with Crippen molar-refractivity contribution < 1.29 is 4.42 Å². The summed E-state index contributed by atoms with van der Waals surface area (Å²) in [6.07, 6.45) is 7.22. The second kappa shape index (κ2) is 13.4. The van der Waals surface area contributed by atoms with Crippen LogP contribution in [0.15, 0.2) is 204 Å². The van der Waals surface area contributed by atoms with Gasteiger partial charge in [-0.3, -0.25) is 0 Å². The van der Waals surface area contributed by atoms with Gasteiger partial charge in [0, 0.05) is 33.4 Å². The van der Waals surface area contributed by atoms with Crippen LogP contribution in [-0.2, 0) is 5.41 Å². The molecule has 0 saturated heterocycles. The first-order valence-corrected chi connectivity index (χ1v) is 20.5. The maximum atomic E-state index is 6.75. The number of nitrogens with zero attached hydrogens (tertiary/aromatic N) is 1. The van der Waals surface area contributed by atoms with Crippen molar-refractivity contribution in [1.29, 1.82) is 0 Å². The minimum Gasteiger partial charge on any atom is -0.454 e. The monoisotopic (exact) mass is 745 g/mol. The molecule has 2 aliphatic rings. The van der Waals surface area contributed by atoms with Gasteiger partial charge in [-0.1, -0.05) is 185 Å². The Morgan fingerprint density at radius 2 is 1.16 bits per heavy atom. The van der Waals surface area contributed by atoms with Crippen LogP contribution in [0.5, 0.6) is 0 Å². The summed E-state index contributed by atoms with van der Waals surface area (Å²) in [7, 11) is 0. The topological polar surface area (TPSA) is 16.4 Å². The van der Waals surface area contributed by atoms with E-state index in [1.165, 1.54) is 49.7 Å². The first kappa shape index (κ1) is 34.4. The van der Waals surface area contributed by atoms with Gasteiger partial charge in [-0.05, 0) is 91.5 Å². The van der Waals surface area contributed by atoms with Crippen molar-refractivity contribution >= 4 is 44.1 Å². The molecule has 0 saturated carbocycles. The van der Waals surface area contributed by atoms with E-state index in [1.807, 2.05) is 6.07 Å². The molecule has 9 aromatic rings. The van der Waals surface area contributed by atoms with Gasteiger partial charge in [-0.25, -0.2) is 0 Å². The third-order valence-corrected chi connectivity index (χ3v) is 12.8. The standard InChI is InChI=1S/C56H43NO/c1-36-33-41(30-32-42(36)40-29-31-47-46-21-6-9-25-50(46)56(2,3)51(47)35-40)57(53-27-14-24-49-48-22-8-11-28-54(48)58-55(49)53)52-26-10-7-20-45(52)39-18-12-17-38(34-39)44-23-13-16-37-15-4-5-19-43(37)44/h4-36,42H,1-3H3. The van der Waals surface area contributed by atoms with E-state index in [0.29, 0.717) is 0 Å². The first-order valence-electron chi connectivity index (χ1n) is 20.5. The molecule has 2 unspecified atom stereocenters. The summed E-state index contributed by atoms with van der Waals surface area (Å²) >= 11 is 0. The van der Waals surface area contributed by atoms with Crippen molar-refractivity contribution in [2.75, 3.05) is 4.90 Å². The highest BCUT2D eigenvalue weighted by molar-refractivity contribution is 6.10. The lowest BCUT2D eigenvalue weighted by Gasteiger charge is -2.33. The highest BCUT2D eigenvalue weighted by Gasteiger charge is 2.36. The van der Waals surface area contributed by atoms with E-state index in [-0.39, 0.29) is 17.3 Å². The van der Waals surface area contributed by atoms with Gasteiger partial charge in [-0.15, -0.1) is 0 Å². The number of rotatable bonds is 6. The molecule has 0 N–H and O–H groups in total. The smallest absolute Gasteiger partial charge is 0.159 e. The second-order valence-corrected chi connectivity index (χ2v) is 16.5. The number of furan rings is 1. The number of benzene rings is 8. The van der Waals surface area contributed by atoms with Crippen molar-refractivity contribution in [3.63, 3.8) is 0 Å². The van der Waals surface area contributed by atoms with E-state index < -0.39 is 0 Å². The zero-order valence-electron chi connectivity index (χ0n) is 33.0. The molecule has 2 atom stereocenters. The summed E-state index contributed by atoms with van der Waals surface area (Å²) in [4.78, 5) is 2.43. The van der Waals surface area contributed by atoms with Crippen molar-refractivity contribution in [2.24, 2.45) is 5.92 Å². The molecule has 278 valence electrons. The van der Waals surface area contributed by atoms with Crippen LogP contribution in [-0.4, -0.2) is 0 Å². The van der Waals surface area contributed by atoms with Crippen LogP contribution in [0.4, 0.5) is 11.4 Å². The van der Waals surface area contributed by atoms with Crippen molar-refractivity contribution in [2.45, 2.75) is 32.1 Å². The molecular weight excluding hydrogens is 703 g/mol. The predicted octanol–water partition coefficient (Wildman–Crippen LogP) is 15.4. The Balaban J connectivity index is 1.05. The third kappa shape index (κ3) is 5.40. The van der Waals surface area contributed by atoms with Crippen LogP contribution in [0.25, 0.3) is 66.1 Å². The minimum atomic E-state index is -0.0404. The SMILES string of the molecule is CC1C=C(N(c2ccccc2-c2cccc(-c3cccc4ccccc34)c2)c2cccc3c2oc2ccccc23)C=CC1c1ccc2c(c1)C(C)(C)c1ccccc1-2. The quantitative estimate of drug-likeness (QED) is 0.169. The van der Waals surface area contributed by atoms with Gasteiger partial charge >= 0.3 is 0 Å². The number of fused-ring (bicyclic) bond motifs is 7. The van der Waals surface area contributed by atoms with Crippen LogP contribution in [0.2, 0.25) is 0 Å². The number of hydrogen-bond acceptors (Lipinski definition) is 2. The molecule has 0 amide bonds. The average molecular weight is 746 g/mol. The van der Waals surface area contributed by atoms with Crippen molar-refractivity contribution in [3.8, 4) is 33.4 Å². The summed E-state index contributed by atoms with van der Waals surface area (Å²) in [5, 5.41) is 4.74. The average Bonchev–Trinajstić information content (AvgIpc) is 3.76. The molecule has 1 heterocycles. The molecule has 11 rings (SSSR count). The Morgan fingerprint density at radius 1 is 0.517 bits per heavy atom. The summed E-state index contributed by atoms with van der Waals surface area (Å²) < 4.78 is 6.75. The fraction of sp³-hybridized carbons (Fsp3) is 0.107. The maximum absolute atomic E-state index is 6.75. The molecule has 0 aliphatic heterocycles. The van der Waals surface area contributed by atoms with Gasteiger partial charge in [0.1, 0.15) is 5.58 Å². The maximum Gasteiger partial charge on any atom is 0.159 e. The zero-order chi connectivity index (χ0) is 39.0. The van der Waals surface area contributed by atoms with Crippen molar-refractivity contribution in [1.82, 2.24) is 0 Å². The third-order valence-electron chi connectivity index (χ3n) is 12.8. The van der Waals surface area contributed by atoms with E-state index in [4.69, 9.17) is 4.42 Å². The predicted molar refractivity (Wildman–Crippen MR) is 244 cm³/mol. The van der Waals surface area contributed by atoms with E-state index >= 15 is 0 Å². The van der Waals surface area contributed by atoms with Gasteiger partial charge in [0.25, 0.3) is 0 Å². The lowest BCUT2D eigenvalue weighted by Crippen LogP contribution is -2.21. The summed E-state index contributed by atoms with van der Waals surface area (Å²) in [6.45, 7) is 7.09. The summed E-state index contributed by atoms with van der Waals surface area (Å²) in [5.41, 5.74) is 16.6. The summed E-state index contributed by atoms with van der Waals surface area (Å²) in [6, 6.07) is 64.1. The normalized spacial score (nSPS) is 16.7. The van der Waals surface area contributed by atoms with Gasteiger partial charge < -0.3 is 9.32 Å². The molecule has 2 heteroatoms. The molecule has 8 aromatic carbocycles. The van der Waals surface area contributed by atoms with Crippen molar-refractivity contribution in [3.05, 3.63) is 217 Å². The first-order chi connectivity index (χ1) is 28.4. The van der Waals surface area contributed by atoms with Gasteiger partial charge in [0.2, 0.25) is 0 Å². The van der Waals surface area contributed by atoms with Crippen LogP contribution >= 0.6 is 0 Å². The van der Waals surface area contributed by atoms with Gasteiger partial charge in [0.15, 0.2) is 5.58 Å². The lowest BCUT2D eigenvalue weighted by atomic mass is 9.78. The second-order valence-electron chi connectivity index (χ2n) is 16.5. The van der Waals surface area contributed by atoms with Crippen LogP contribution in [0, 0.1) is 5.92 Å². The molecule has 0 fully saturated rings. The summed E-state index contributed by atoms with van der Waals surface area (Å²) in [5.74, 6) is 0.481. The Morgan fingerprint density at radius 3 is 2.03 bits per heavy atom. The number of anilines is 2. The van der Waals surface area contributed by atoms with E-state index in [1.54, 1.807) is 0 Å². The number of para-hydroxylation sites is 3. The molecule has 0 spiro atoms. The molecule has 0 bridgehead atoms. The molecule has 2 nitrogen and oxygen atoms in total. The van der Waals surface area contributed by atoms with E-state index in [0.717, 1.165) is 50.1 Å². The lowest BCUT2D eigenvalue weighted by molar-refractivity contribution is 0.620. The van der Waals surface area contributed by atoms with Gasteiger partial charge in [-0.2, -0.15) is 0 Å². The largest absolute Gasteiger partial charge is 0.454 e. The molecule has 58 heavy (non-hydrogen) atoms. The van der Waals surface area contributed by atoms with E-state index in [9.17, 15) is 0 Å². The van der Waals surface area contributed by atoms with Crippen LogP contribution in [0.3, 0.4) is 0 Å². The zero-order valence-corrected chi connectivity index (χ0v) is 33.0. The molecule has 1 aromatic heterocycles. The molecule has 2 aliphatic carbocycles. The number of allylic oxidation sites excluding steroid dienone is 3. The Labute approximate surface area is 340 Å². The Hall–Kier alpha value is -6.90. The Bertz CT molecular complexity index is 3130.